The summed E-state index contributed by atoms with van der Waals surface area (Å²) < 4.78 is 6.05. The quantitative estimate of drug-likeness (QED) is 0.497. The molecule has 0 saturated carbocycles. The largest absolute Gasteiger partial charge is 0.504 e. The fourth-order valence-corrected chi connectivity index (χ4v) is 2.05. The molecule has 0 heterocycles. The summed E-state index contributed by atoms with van der Waals surface area (Å²) in [6, 6.07) is 12.3. The maximum atomic E-state index is 12.0. The van der Waals surface area contributed by atoms with Crippen LogP contribution in [0.25, 0.3) is 6.08 Å². The maximum absolute atomic E-state index is 12.0. The summed E-state index contributed by atoms with van der Waals surface area (Å²) in [4.78, 5) is 12.0. The number of benzene rings is 2. The van der Waals surface area contributed by atoms with Crippen molar-refractivity contribution >= 4 is 34.5 Å². The number of carbonyl (C=O) groups excluding carboxylic acids is 1. The van der Waals surface area contributed by atoms with Crippen molar-refractivity contribution in [3.05, 3.63) is 63.2 Å². The van der Waals surface area contributed by atoms with E-state index in [1.807, 2.05) is 12.1 Å². The molecule has 0 radical (unpaired) electrons. The Morgan fingerprint density at radius 1 is 1.20 bits per heavy atom. The monoisotopic (exact) mass is 380 g/mol. The van der Waals surface area contributed by atoms with E-state index in [0.29, 0.717) is 11.3 Å². The zero-order valence-electron chi connectivity index (χ0n) is 10.8. The molecular formula is C16H13IO3. The Bertz CT molecular complexity index is 645. The molecule has 0 fully saturated rings. The minimum Gasteiger partial charge on any atom is -0.504 e. The molecule has 4 heteroatoms. The highest BCUT2D eigenvalue weighted by Gasteiger charge is 2.03. The fraction of sp³-hybridized carbons (Fsp3) is 0.0625. The molecule has 1 N–H and O–H groups in total. The van der Waals surface area contributed by atoms with Crippen molar-refractivity contribution in [2.75, 3.05) is 7.11 Å². The molecule has 0 aliphatic carbocycles. The van der Waals surface area contributed by atoms with Gasteiger partial charge in [-0.15, -0.1) is 0 Å². The topological polar surface area (TPSA) is 46.5 Å². The van der Waals surface area contributed by atoms with Crippen LogP contribution in [-0.2, 0) is 0 Å². The van der Waals surface area contributed by atoms with Crippen LogP contribution in [0.3, 0.4) is 0 Å². The van der Waals surface area contributed by atoms with Gasteiger partial charge in [-0.3, -0.25) is 4.79 Å². The van der Waals surface area contributed by atoms with Crippen molar-refractivity contribution in [3.8, 4) is 11.5 Å². The highest BCUT2D eigenvalue weighted by molar-refractivity contribution is 14.1. The average molecular weight is 380 g/mol. The molecule has 0 aromatic heterocycles. The van der Waals surface area contributed by atoms with Crippen LogP contribution in [-0.4, -0.2) is 18.0 Å². The molecule has 0 unspecified atom stereocenters. The van der Waals surface area contributed by atoms with Crippen LogP contribution in [0, 0.1) is 3.57 Å². The second-order valence-electron chi connectivity index (χ2n) is 4.14. The molecule has 0 amide bonds. The Hall–Kier alpha value is -1.82. The maximum Gasteiger partial charge on any atom is 0.185 e. The van der Waals surface area contributed by atoms with Crippen LogP contribution in [0.15, 0.2) is 48.5 Å². The van der Waals surface area contributed by atoms with Gasteiger partial charge in [-0.2, -0.15) is 0 Å². The summed E-state index contributed by atoms with van der Waals surface area (Å²) in [6.45, 7) is 0. The molecule has 0 spiro atoms. The third-order valence-electron chi connectivity index (χ3n) is 2.76. The summed E-state index contributed by atoms with van der Waals surface area (Å²) in [6.07, 6.45) is 3.16. The highest BCUT2D eigenvalue weighted by atomic mass is 127. The molecular weight excluding hydrogens is 367 g/mol. The molecule has 3 nitrogen and oxygen atoms in total. The third-order valence-corrected chi connectivity index (χ3v) is 3.48. The van der Waals surface area contributed by atoms with Gasteiger partial charge in [0, 0.05) is 9.13 Å². The van der Waals surface area contributed by atoms with Crippen LogP contribution < -0.4 is 4.74 Å². The first-order valence-corrected chi connectivity index (χ1v) is 7.03. The van der Waals surface area contributed by atoms with Gasteiger partial charge in [0.15, 0.2) is 17.3 Å². The minimum absolute atomic E-state index is 0.0522. The number of aromatic hydroxyl groups is 1. The summed E-state index contributed by atoms with van der Waals surface area (Å²) in [5, 5.41) is 9.66. The standard InChI is InChI=1S/C16H13IO3/c1-20-16-9-3-11(10-15(16)19)2-8-14(18)12-4-6-13(17)7-5-12/h2-10,19H,1H3. The van der Waals surface area contributed by atoms with Gasteiger partial charge in [-0.1, -0.05) is 24.3 Å². The number of ether oxygens (including phenoxy) is 1. The molecule has 2 rings (SSSR count). The van der Waals surface area contributed by atoms with Crippen molar-refractivity contribution in [1.82, 2.24) is 0 Å². The average Bonchev–Trinajstić information content (AvgIpc) is 2.45. The number of methoxy groups -OCH3 is 1. The number of hydrogen-bond donors (Lipinski definition) is 1. The zero-order chi connectivity index (χ0) is 14.5. The second-order valence-corrected chi connectivity index (χ2v) is 5.38. The van der Waals surface area contributed by atoms with Crippen LogP contribution in [0.5, 0.6) is 11.5 Å². The lowest BCUT2D eigenvalue weighted by molar-refractivity contribution is 0.104. The minimum atomic E-state index is -0.0725. The summed E-state index contributed by atoms with van der Waals surface area (Å²) in [5.74, 6) is 0.388. The van der Waals surface area contributed by atoms with Gasteiger partial charge in [0.1, 0.15) is 0 Å². The van der Waals surface area contributed by atoms with Gasteiger partial charge in [-0.25, -0.2) is 0 Å². The number of halogens is 1. The molecule has 0 aliphatic rings. The Morgan fingerprint density at radius 2 is 1.90 bits per heavy atom. The van der Waals surface area contributed by atoms with Gasteiger partial charge >= 0.3 is 0 Å². The Balaban J connectivity index is 2.14. The van der Waals surface area contributed by atoms with Crippen LogP contribution in [0.4, 0.5) is 0 Å². The molecule has 0 saturated heterocycles. The molecule has 0 atom stereocenters. The van der Waals surface area contributed by atoms with Crippen molar-refractivity contribution in [1.29, 1.82) is 0 Å². The van der Waals surface area contributed by atoms with Crippen molar-refractivity contribution in [2.45, 2.75) is 0 Å². The van der Waals surface area contributed by atoms with Gasteiger partial charge in [0.25, 0.3) is 0 Å². The van der Waals surface area contributed by atoms with E-state index in [-0.39, 0.29) is 11.5 Å². The lowest BCUT2D eigenvalue weighted by Gasteiger charge is -2.03. The molecule has 20 heavy (non-hydrogen) atoms. The molecule has 2 aromatic rings. The van der Waals surface area contributed by atoms with Crippen molar-refractivity contribution < 1.29 is 14.6 Å². The van der Waals surface area contributed by atoms with Crippen LogP contribution >= 0.6 is 22.6 Å². The van der Waals surface area contributed by atoms with Gasteiger partial charge in [-0.05, 0) is 58.5 Å². The summed E-state index contributed by atoms with van der Waals surface area (Å²) in [7, 11) is 1.49. The zero-order valence-corrected chi connectivity index (χ0v) is 13.0. The van der Waals surface area contributed by atoms with E-state index in [1.165, 1.54) is 13.2 Å². The predicted octanol–water partition coefficient (Wildman–Crippen LogP) is 3.90. The number of ketones is 1. The summed E-state index contributed by atoms with van der Waals surface area (Å²) >= 11 is 2.19. The Morgan fingerprint density at radius 3 is 2.50 bits per heavy atom. The van der Waals surface area contributed by atoms with Crippen LogP contribution in [0.2, 0.25) is 0 Å². The number of phenolic OH excluding ortho intramolecular Hbond substituents is 1. The SMILES string of the molecule is COc1ccc(C=CC(=O)c2ccc(I)cc2)cc1O. The summed E-state index contributed by atoms with van der Waals surface area (Å²) in [5.41, 5.74) is 1.38. The van der Waals surface area contributed by atoms with E-state index >= 15 is 0 Å². The Labute approximate surface area is 131 Å². The molecule has 2 aromatic carbocycles. The molecule has 102 valence electrons. The number of hydrogen-bond acceptors (Lipinski definition) is 3. The number of allylic oxidation sites excluding steroid dienone is 1. The lowest BCUT2D eigenvalue weighted by Crippen LogP contribution is -1.93. The van der Waals surface area contributed by atoms with E-state index in [2.05, 4.69) is 22.6 Å². The number of rotatable bonds is 4. The smallest absolute Gasteiger partial charge is 0.185 e. The fourth-order valence-electron chi connectivity index (χ4n) is 1.69. The first-order valence-electron chi connectivity index (χ1n) is 5.95. The van der Waals surface area contributed by atoms with E-state index in [0.717, 1.165) is 9.13 Å². The van der Waals surface area contributed by atoms with E-state index in [9.17, 15) is 9.90 Å². The normalized spacial score (nSPS) is 10.7. The molecule has 0 aliphatic heterocycles. The number of carbonyl (C=O) groups is 1. The predicted molar refractivity (Wildman–Crippen MR) is 87.2 cm³/mol. The van der Waals surface area contributed by atoms with E-state index in [4.69, 9.17) is 4.74 Å². The van der Waals surface area contributed by atoms with Crippen molar-refractivity contribution in [3.63, 3.8) is 0 Å². The first-order chi connectivity index (χ1) is 9.60. The van der Waals surface area contributed by atoms with E-state index in [1.54, 1.807) is 36.4 Å². The van der Waals surface area contributed by atoms with Gasteiger partial charge in [0.05, 0.1) is 7.11 Å². The van der Waals surface area contributed by atoms with Gasteiger partial charge in [0.2, 0.25) is 0 Å². The van der Waals surface area contributed by atoms with Crippen molar-refractivity contribution in [2.24, 2.45) is 0 Å². The van der Waals surface area contributed by atoms with E-state index < -0.39 is 0 Å². The Kier molecular flexibility index (Phi) is 4.79. The van der Waals surface area contributed by atoms with Gasteiger partial charge < -0.3 is 9.84 Å². The first kappa shape index (κ1) is 14.6. The lowest BCUT2D eigenvalue weighted by atomic mass is 10.1. The molecule has 0 bridgehead atoms. The second kappa shape index (κ2) is 6.56. The van der Waals surface area contributed by atoms with Crippen LogP contribution in [0.1, 0.15) is 15.9 Å². The third kappa shape index (κ3) is 3.60. The number of phenols is 1. The highest BCUT2D eigenvalue weighted by Crippen LogP contribution is 2.26.